The number of pyridine rings is 1. The number of benzene rings is 2. The summed E-state index contributed by atoms with van der Waals surface area (Å²) in [7, 11) is 0. The van der Waals surface area contributed by atoms with Crippen LogP contribution in [0.15, 0.2) is 54.7 Å². The number of amides is 5. The van der Waals surface area contributed by atoms with Crippen molar-refractivity contribution in [2.45, 2.75) is 115 Å². The minimum absolute atomic E-state index is 0.0872. The van der Waals surface area contributed by atoms with E-state index in [4.69, 9.17) is 5.10 Å². The van der Waals surface area contributed by atoms with Gasteiger partial charge in [-0.15, -0.1) is 0 Å². The number of aromatic nitrogens is 3. The van der Waals surface area contributed by atoms with Gasteiger partial charge in [-0.1, -0.05) is 12.1 Å². The van der Waals surface area contributed by atoms with Crippen LogP contribution in [-0.4, -0.2) is 91.4 Å². The fourth-order valence-electron chi connectivity index (χ4n) is 10.8. The molecule has 5 heterocycles. The lowest BCUT2D eigenvalue weighted by molar-refractivity contribution is -0.136. The standard InChI is InChI=1S/C48H57FN8O6/c1-46(2,49)39-10-6-9-35(51-39)42(59)52-37-21-30-27-56(54-36(30)22-33(37)47(3,4)63)31-13-11-28(12-14-31)26-55-19-17-48(18-20-55)23-29(24-48)25-50-34-8-5-7-32-41(34)45(62)57(44(32)61)38-15-16-40(58)53-43(38)60/h5-10,21-22,27-29,31,38,50,63H,11-20,23-26H2,1-4H3,(H,52,59)(H,53,58,60). The van der Waals surface area contributed by atoms with Gasteiger partial charge in [0, 0.05) is 48.0 Å². The minimum Gasteiger partial charge on any atom is -0.386 e. The second kappa shape index (κ2) is 16.2. The van der Waals surface area contributed by atoms with Crippen LogP contribution in [0.25, 0.3) is 10.9 Å². The van der Waals surface area contributed by atoms with Gasteiger partial charge >= 0.3 is 0 Å². The molecule has 2 saturated carbocycles. The van der Waals surface area contributed by atoms with E-state index < -0.39 is 46.8 Å². The van der Waals surface area contributed by atoms with Crippen LogP contribution in [0.3, 0.4) is 0 Å². The number of hydrogen-bond donors (Lipinski definition) is 4. The number of imide groups is 2. The molecule has 15 heteroatoms. The number of hydrogen-bond acceptors (Lipinski definition) is 10. The molecular weight excluding hydrogens is 804 g/mol. The summed E-state index contributed by atoms with van der Waals surface area (Å²) in [5.74, 6) is -1.37. The van der Waals surface area contributed by atoms with Gasteiger partial charge in [0.2, 0.25) is 11.8 Å². The number of nitrogens with zero attached hydrogens (tertiary/aromatic N) is 5. The highest BCUT2D eigenvalue weighted by Crippen LogP contribution is 2.53. The molecule has 1 unspecified atom stereocenters. The van der Waals surface area contributed by atoms with Crippen LogP contribution >= 0.6 is 0 Å². The number of piperidine rings is 2. The summed E-state index contributed by atoms with van der Waals surface area (Å²) in [4.78, 5) is 72.2. The molecule has 4 fully saturated rings. The molecule has 332 valence electrons. The van der Waals surface area contributed by atoms with Crippen LogP contribution < -0.4 is 16.0 Å². The molecule has 1 atom stereocenters. The number of carbonyl (C=O) groups excluding carboxylic acids is 5. The average molecular weight is 861 g/mol. The van der Waals surface area contributed by atoms with Crippen molar-refractivity contribution in [2.24, 2.45) is 17.3 Å². The van der Waals surface area contributed by atoms with Crippen molar-refractivity contribution < 1.29 is 33.5 Å². The number of nitrogens with one attached hydrogen (secondary N) is 3. The normalized spacial score (nSPS) is 23.2. The summed E-state index contributed by atoms with van der Waals surface area (Å²) in [6, 6.07) is 12.9. The first-order chi connectivity index (χ1) is 29.9. The first kappa shape index (κ1) is 42.7. The van der Waals surface area contributed by atoms with E-state index in [-0.39, 0.29) is 35.8 Å². The highest BCUT2D eigenvalue weighted by Gasteiger charge is 2.48. The van der Waals surface area contributed by atoms with Crippen LogP contribution in [0, 0.1) is 17.3 Å². The first-order valence-corrected chi connectivity index (χ1v) is 22.5. The number of likely N-dealkylation sites (tertiary alicyclic amines) is 1. The summed E-state index contributed by atoms with van der Waals surface area (Å²) < 4.78 is 16.7. The van der Waals surface area contributed by atoms with Crippen molar-refractivity contribution in [3.8, 4) is 0 Å². The first-order valence-electron chi connectivity index (χ1n) is 22.5. The molecule has 1 spiro atoms. The zero-order valence-electron chi connectivity index (χ0n) is 36.5. The molecule has 4 N–H and O–H groups in total. The molecule has 5 aliphatic rings. The number of anilines is 2. The summed E-state index contributed by atoms with van der Waals surface area (Å²) in [6.45, 7) is 10.2. The van der Waals surface area contributed by atoms with E-state index in [1.54, 1.807) is 44.2 Å². The van der Waals surface area contributed by atoms with Gasteiger partial charge < -0.3 is 20.6 Å². The lowest BCUT2D eigenvalue weighted by Gasteiger charge is -2.53. The van der Waals surface area contributed by atoms with Gasteiger partial charge in [0.15, 0.2) is 0 Å². The maximum atomic E-state index is 14.6. The van der Waals surface area contributed by atoms with Gasteiger partial charge in [0.05, 0.1) is 34.0 Å². The van der Waals surface area contributed by atoms with Crippen LogP contribution in [-0.2, 0) is 20.9 Å². The van der Waals surface area contributed by atoms with Crippen LogP contribution in [0.4, 0.5) is 15.8 Å². The lowest BCUT2D eigenvalue weighted by atomic mass is 9.57. The maximum Gasteiger partial charge on any atom is 0.274 e. The number of aliphatic hydroxyl groups is 1. The molecule has 0 radical (unpaired) electrons. The number of carbonyl (C=O) groups is 5. The third-order valence-corrected chi connectivity index (χ3v) is 14.3. The van der Waals surface area contributed by atoms with E-state index in [0.717, 1.165) is 74.0 Å². The molecule has 3 aliphatic heterocycles. The Morgan fingerprint density at radius 1 is 0.921 bits per heavy atom. The van der Waals surface area contributed by atoms with E-state index in [1.807, 2.05) is 24.4 Å². The topological polar surface area (TPSA) is 179 Å². The zero-order valence-corrected chi connectivity index (χ0v) is 36.5. The number of alkyl halides is 1. The van der Waals surface area contributed by atoms with E-state index in [9.17, 15) is 33.5 Å². The monoisotopic (exact) mass is 860 g/mol. The molecule has 14 nitrogen and oxygen atoms in total. The third kappa shape index (κ3) is 8.49. The Balaban J connectivity index is 0.748. The number of halogens is 1. The van der Waals surface area contributed by atoms with Crippen molar-refractivity contribution in [3.05, 3.63) is 82.8 Å². The Morgan fingerprint density at radius 2 is 1.65 bits per heavy atom. The van der Waals surface area contributed by atoms with Gasteiger partial charge in [-0.2, -0.15) is 5.10 Å². The third-order valence-electron chi connectivity index (χ3n) is 14.3. The highest BCUT2D eigenvalue weighted by molar-refractivity contribution is 6.25. The average Bonchev–Trinajstić information content (AvgIpc) is 3.76. The number of fused-ring (bicyclic) bond motifs is 2. The molecule has 2 aromatic carbocycles. The fourth-order valence-corrected chi connectivity index (χ4v) is 10.8. The second-order valence-electron chi connectivity index (χ2n) is 19.8. The van der Waals surface area contributed by atoms with Crippen molar-refractivity contribution in [1.82, 2.24) is 29.9 Å². The molecule has 9 rings (SSSR count). The van der Waals surface area contributed by atoms with E-state index in [0.29, 0.717) is 46.3 Å². The molecule has 2 aliphatic carbocycles. The summed E-state index contributed by atoms with van der Waals surface area (Å²) in [6.07, 6.45) is 11.2. The zero-order chi connectivity index (χ0) is 44.4. The largest absolute Gasteiger partial charge is 0.386 e. The Labute approximate surface area is 366 Å². The van der Waals surface area contributed by atoms with Crippen LogP contribution in [0.2, 0.25) is 0 Å². The van der Waals surface area contributed by atoms with Gasteiger partial charge in [0.1, 0.15) is 17.4 Å². The molecule has 0 bridgehead atoms. The van der Waals surface area contributed by atoms with Crippen molar-refractivity contribution in [2.75, 3.05) is 36.8 Å². The molecule has 4 aromatic rings. The number of rotatable bonds is 11. The molecule has 2 saturated heterocycles. The molecule has 2 aromatic heterocycles. The van der Waals surface area contributed by atoms with Gasteiger partial charge in [-0.3, -0.25) is 38.9 Å². The molecular formula is C48H57FN8O6. The summed E-state index contributed by atoms with van der Waals surface area (Å²) in [5, 5.41) is 25.6. The second-order valence-corrected chi connectivity index (χ2v) is 19.8. The quantitative estimate of drug-likeness (QED) is 0.117. The predicted octanol–water partition coefficient (Wildman–Crippen LogP) is 6.85. The van der Waals surface area contributed by atoms with Crippen molar-refractivity contribution >= 4 is 51.8 Å². The van der Waals surface area contributed by atoms with Gasteiger partial charge in [-0.25, -0.2) is 9.37 Å². The van der Waals surface area contributed by atoms with Gasteiger partial charge in [-0.05, 0) is 152 Å². The SMILES string of the molecule is CC(C)(O)c1cc2nn(C3CCC(CN4CCC5(CC4)CC(CNc4cccc6c4C(=O)N(C4CCC(=O)NC4=O)C6=O)C5)CC3)cc2cc1NC(=O)c1cccc(C(C)(C)F)n1. The summed E-state index contributed by atoms with van der Waals surface area (Å²) >= 11 is 0. The highest BCUT2D eigenvalue weighted by atomic mass is 19.1. The maximum absolute atomic E-state index is 14.6. The lowest BCUT2D eigenvalue weighted by Crippen LogP contribution is -2.54. The molecule has 5 amide bonds. The van der Waals surface area contributed by atoms with Gasteiger partial charge in [0.25, 0.3) is 17.7 Å². The Kier molecular flexibility index (Phi) is 11.0. The van der Waals surface area contributed by atoms with Crippen LogP contribution in [0.1, 0.15) is 140 Å². The summed E-state index contributed by atoms with van der Waals surface area (Å²) in [5.41, 5.74) is 0.610. The molecule has 63 heavy (non-hydrogen) atoms. The van der Waals surface area contributed by atoms with Crippen molar-refractivity contribution in [1.29, 1.82) is 0 Å². The van der Waals surface area contributed by atoms with E-state index >= 15 is 0 Å². The smallest absolute Gasteiger partial charge is 0.274 e. The Hall–Kier alpha value is -5.54. The Morgan fingerprint density at radius 3 is 2.35 bits per heavy atom. The van der Waals surface area contributed by atoms with Crippen LogP contribution in [0.5, 0.6) is 0 Å². The van der Waals surface area contributed by atoms with Crippen molar-refractivity contribution in [3.63, 3.8) is 0 Å². The Bertz CT molecular complexity index is 2480. The van der Waals surface area contributed by atoms with E-state index in [1.165, 1.54) is 26.7 Å². The fraction of sp³-hybridized carbons (Fsp3) is 0.521. The van der Waals surface area contributed by atoms with E-state index in [2.05, 4.69) is 30.5 Å². The predicted molar refractivity (Wildman–Crippen MR) is 235 cm³/mol. The minimum atomic E-state index is -1.70.